The van der Waals surface area contributed by atoms with Crippen molar-refractivity contribution in [2.75, 3.05) is 47.5 Å². The second-order valence-corrected chi connectivity index (χ2v) is 6.99. The largest absolute Gasteiger partial charge is 0.493 e. The molecule has 0 bridgehead atoms. The molecule has 0 aliphatic carbocycles. The van der Waals surface area contributed by atoms with Crippen LogP contribution in [0.15, 0.2) is 42.5 Å². The Hall–Kier alpha value is -2.28. The second kappa shape index (κ2) is 10.3. The van der Waals surface area contributed by atoms with Gasteiger partial charge in [-0.3, -0.25) is 0 Å². The molecule has 1 saturated heterocycles. The lowest BCUT2D eigenvalue weighted by atomic mass is 10.1. The van der Waals surface area contributed by atoms with Crippen molar-refractivity contribution in [1.29, 1.82) is 0 Å². The summed E-state index contributed by atoms with van der Waals surface area (Å²) in [5.74, 6) is 1.95. The van der Waals surface area contributed by atoms with Crippen molar-refractivity contribution >= 4 is 0 Å². The van der Waals surface area contributed by atoms with E-state index in [1.165, 1.54) is 0 Å². The average Bonchev–Trinajstić information content (AvgIpc) is 2.73. The van der Waals surface area contributed by atoms with Crippen LogP contribution in [0.1, 0.15) is 11.1 Å². The molecule has 1 atom stereocenters. The molecule has 3 rings (SSSR count). The molecule has 0 saturated carbocycles. The molecular formula is C22H30N2O4. The number of ether oxygens (including phenoxy) is 4. The van der Waals surface area contributed by atoms with Crippen molar-refractivity contribution in [3.63, 3.8) is 0 Å². The first-order valence-electron chi connectivity index (χ1n) is 9.62. The molecule has 1 heterocycles. The molecule has 2 aromatic rings. The maximum atomic E-state index is 6.01. The number of methoxy groups -OCH3 is 2. The Bertz CT molecular complexity index is 714. The molecule has 1 N–H and O–H groups in total. The van der Waals surface area contributed by atoms with Crippen LogP contribution in [0.3, 0.4) is 0 Å². The first-order chi connectivity index (χ1) is 13.7. The summed E-state index contributed by atoms with van der Waals surface area (Å²) in [6, 6.07) is 14.0. The zero-order valence-electron chi connectivity index (χ0n) is 16.9. The van der Waals surface area contributed by atoms with Crippen LogP contribution >= 0.6 is 0 Å². The maximum Gasteiger partial charge on any atom is 0.203 e. The molecule has 1 fully saturated rings. The Morgan fingerprint density at radius 1 is 1.07 bits per heavy atom. The number of rotatable bonds is 9. The number of hydrogen-bond donors (Lipinski definition) is 1. The molecule has 1 aliphatic heterocycles. The number of benzene rings is 2. The van der Waals surface area contributed by atoms with Gasteiger partial charge in [-0.15, -0.1) is 0 Å². The minimum Gasteiger partial charge on any atom is -0.493 e. The minimum atomic E-state index is 0.219. The molecule has 0 spiro atoms. The first-order valence-corrected chi connectivity index (χ1v) is 9.62. The fourth-order valence-corrected chi connectivity index (χ4v) is 3.28. The quantitative estimate of drug-likeness (QED) is 0.715. The first kappa shape index (κ1) is 20.5. The molecule has 1 unspecified atom stereocenters. The summed E-state index contributed by atoms with van der Waals surface area (Å²) < 4.78 is 22.9. The SMILES string of the molecule is COc1cc(CNCC2CN(C)CCO2)cc(OC)c1OCc1ccccc1. The van der Waals surface area contributed by atoms with E-state index in [4.69, 9.17) is 18.9 Å². The van der Waals surface area contributed by atoms with E-state index < -0.39 is 0 Å². The lowest BCUT2D eigenvalue weighted by molar-refractivity contribution is -0.0182. The van der Waals surface area contributed by atoms with Gasteiger partial charge in [0.1, 0.15) is 6.61 Å². The van der Waals surface area contributed by atoms with E-state index in [2.05, 4.69) is 17.3 Å². The van der Waals surface area contributed by atoms with Crippen LogP contribution < -0.4 is 19.5 Å². The number of nitrogens with one attached hydrogen (secondary N) is 1. The van der Waals surface area contributed by atoms with Crippen LogP contribution in [0.4, 0.5) is 0 Å². The number of nitrogens with zero attached hydrogens (tertiary/aromatic N) is 1. The predicted octanol–water partition coefficient (Wildman–Crippen LogP) is 2.70. The number of hydrogen-bond acceptors (Lipinski definition) is 6. The summed E-state index contributed by atoms with van der Waals surface area (Å²) in [6.07, 6.45) is 0.219. The third-order valence-corrected chi connectivity index (χ3v) is 4.79. The van der Waals surface area contributed by atoms with Gasteiger partial charge in [0.25, 0.3) is 0 Å². The summed E-state index contributed by atoms with van der Waals surface area (Å²) in [6.45, 7) is 4.70. The third-order valence-electron chi connectivity index (χ3n) is 4.79. The summed E-state index contributed by atoms with van der Waals surface area (Å²) in [7, 11) is 5.42. The highest BCUT2D eigenvalue weighted by Crippen LogP contribution is 2.39. The zero-order valence-corrected chi connectivity index (χ0v) is 16.9. The molecular weight excluding hydrogens is 356 g/mol. The van der Waals surface area contributed by atoms with Gasteiger partial charge in [-0.2, -0.15) is 0 Å². The van der Waals surface area contributed by atoms with Gasteiger partial charge < -0.3 is 29.2 Å². The Kier molecular flexibility index (Phi) is 7.54. The highest BCUT2D eigenvalue weighted by Gasteiger charge is 2.18. The van der Waals surface area contributed by atoms with Crippen molar-refractivity contribution in [2.45, 2.75) is 19.3 Å². The molecule has 28 heavy (non-hydrogen) atoms. The monoisotopic (exact) mass is 386 g/mol. The molecule has 6 heteroatoms. The highest BCUT2D eigenvalue weighted by atomic mass is 16.5. The highest BCUT2D eigenvalue weighted by molar-refractivity contribution is 5.54. The van der Waals surface area contributed by atoms with E-state index in [0.717, 1.165) is 37.4 Å². The molecule has 0 aromatic heterocycles. The van der Waals surface area contributed by atoms with Crippen LogP contribution in [0, 0.1) is 0 Å². The van der Waals surface area contributed by atoms with Crippen molar-refractivity contribution < 1.29 is 18.9 Å². The fourth-order valence-electron chi connectivity index (χ4n) is 3.28. The smallest absolute Gasteiger partial charge is 0.203 e. The van der Waals surface area contributed by atoms with Gasteiger partial charge in [-0.25, -0.2) is 0 Å². The summed E-state index contributed by atoms with van der Waals surface area (Å²) >= 11 is 0. The zero-order chi connectivity index (χ0) is 19.8. The van der Waals surface area contributed by atoms with Gasteiger partial charge >= 0.3 is 0 Å². The Labute approximate surface area is 167 Å². The van der Waals surface area contributed by atoms with Crippen LogP contribution in [-0.4, -0.2) is 58.5 Å². The van der Waals surface area contributed by atoms with Crippen LogP contribution in [0.5, 0.6) is 17.2 Å². The molecule has 1 aliphatic rings. The number of morpholine rings is 1. The maximum absolute atomic E-state index is 6.01. The lowest BCUT2D eigenvalue weighted by Gasteiger charge is -2.30. The summed E-state index contributed by atoms with van der Waals surface area (Å²) in [5, 5.41) is 3.47. The van der Waals surface area contributed by atoms with E-state index in [0.29, 0.717) is 30.4 Å². The molecule has 2 aromatic carbocycles. The van der Waals surface area contributed by atoms with Gasteiger partial charge in [0.05, 0.1) is 26.9 Å². The molecule has 0 amide bonds. The van der Waals surface area contributed by atoms with E-state index >= 15 is 0 Å². The second-order valence-electron chi connectivity index (χ2n) is 6.99. The summed E-state index contributed by atoms with van der Waals surface area (Å²) in [5.41, 5.74) is 2.17. The van der Waals surface area contributed by atoms with Crippen molar-refractivity contribution in [1.82, 2.24) is 10.2 Å². The van der Waals surface area contributed by atoms with Crippen LogP contribution in [0.25, 0.3) is 0 Å². The fraction of sp³-hybridized carbons (Fsp3) is 0.455. The predicted molar refractivity (Wildman–Crippen MR) is 109 cm³/mol. The van der Waals surface area contributed by atoms with E-state index in [9.17, 15) is 0 Å². The Balaban J connectivity index is 1.62. The van der Waals surface area contributed by atoms with E-state index in [-0.39, 0.29) is 6.10 Å². The van der Waals surface area contributed by atoms with Crippen LogP contribution in [-0.2, 0) is 17.9 Å². The van der Waals surface area contributed by atoms with Crippen molar-refractivity contribution in [2.24, 2.45) is 0 Å². The molecule has 0 radical (unpaired) electrons. The van der Waals surface area contributed by atoms with Crippen molar-refractivity contribution in [3.05, 3.63) is 53.6 Å². The molecule has 6 nitrogen and oxygen atoms in total. The summed E-state index contributed by atoms with van der Waals surface area (Å²) in [4.78, 5) is 2.29. The van der Waals surface area contributed by atoms with Gasteiger partial charge in [0.15, 0.2) is 11.5 Å². The van der Waals surface area contributed by atoms with Gasteiger partial charge in [-0.1, -0.05) is 30.3 Å². The van der Waals surface area contributed by atoms with E-state index in [1.807, 2.05) is 42.5 Å². The number of likely N-dealkylation sites (N-methyl/N-ethyl adjacent to an activating group) is 1. The lowest BCUT2D eigenvalue weighted by Crippen LogP contribution is -2.44. The van der Waals surface area contributed by atoms with Gasteiger partial charge in [0, 0.05) is 26.2 Å². The third kappa shape index (κ3) is 5.61. The van der Waals surface area contributed by atoms with Gasteiger partial charge in [0.2, 0.25) is 5.75 Å². The Morgan fingerprint density at radius 3 is 2.43 bits per heavy atom. The molecule has 152 valence electrons. The minimum absolute atomic E-state index is 0.219. The average molecular weight is 386 g/mol. The van der Waals surface area contributed by atoms with Crippen LogP contribution in [0.2, 0.25) is 0 Å². The Morgan fingerprint density at radius 2 is 1.79 bits per heavy atom. The standard InChI is InChI=1S/C22H30N2O4/c1-24-9-10-27-19(15-24)14-23-13-18-11-20(25-2)22(21(12-18)26-3)28-16-17-7-5-4-6-8-17/h4-8,11-12,19,23H,9-10,13-16H2,1-3H3. The van der Waals surface area contributed by atoms with E-state index in [1.54, 1.807) is 14.2 Å². The van der Waals surface area contributed by atoms with Gasteiger partial charge in [-0.05, 0) is 30.3 Å². The normalized spacial score (nSPS) is 17.3. The topological polar surface area (TPSA) is 52.2 Å². The van der Waals surface area contributed by atoms with Crippen molar-refractivity contribution in [3.8, 4) is 17.2 Å².